The molecule has 3 heterocycles. The number of aromatic nitrogens is 1. The summed E-state index contributed by atoms with van der Waals surface area (Å²) in [6, 6.07) is 6.37. The zero-order valence-corrected chi connectivity index (χ0v) is 11.7. The van der Waals surface area contributed by atoms with Crippen LogP contribution in [0.5, 0.6) is 0 Å². The summed E-state index contributed by atoms with van der Waals surface area (Å²) in [5.74, 6) is 1.42. The molecule has 19 heavy (non-hydrogen) atoms. The van der Waals surface area contributed by atoms with E-state index < -0.39 is 0 Å². The summed E-state index contributed by atoms with van der Waals surface area (Å²) in [7, 11) is 0. The van der Waals surface area contributed by atoms with Gasteiger partial charge in [-0.15, -0.1) is 0 Å². The Balaban J connectivity index is 1.78. The zero-order valence-electron chi connectivity index (χ0n) is 11.7. The van der Waals surface area contributed by atoms with E-state index in [-0.39, 0.29) is 5.91 Å². The molecule has 0 spiro atoms. The van der Waals surface area contributed by atoms with Gasteiger partial charge in [0, 0.05) is 24.7 Å². The first kappa shape index (κ1) is 12.6. The number of rotatable bonds is 3. The highest BCUT2D eigenvalue weighted by Crippen LogP contribution is 2.26. The molecule has 0 saturated carbocycles. The quantitative estimate of drug-likeness (QED) is 0.833. The van der Waals surface area contributed by atoms with E-state index in [9.17, 15) is 4.79 Å². The number of hydrogen-bond acceptors (Lipinski definition) is 3. The molecule has 102 valence electrons. The molecule has 1 amide bonds. The molecule has 3 rings (SSSR count). The van der Waals surface area contributed by atoms with Crippen LogP contribution in [-0.2, 0) is 4.79 Å². The Morgan fingerprint density at radius 3 is 2.74 bits per heavy atom. The third-order valence-electron chi connectivity index (χ3n) is 4.14. The summed E-state index contributed by atoms with van der Waals surface area (Å²) in [6.07, 6.45) is 1.92. The summed E-state index contributed by atoms with van der Waals surface area (Å²) < 4.78 is 0. The first-order valence-corrected chi connectivity index (χ1v) is 7.16. The van der Waals surface area contributed by atoms with Crippen LogP contribution in [0.25, 0.3) is 0 Å². The normalized spacial score (nSPS) is 24.1. The Labute approximate surface area is 114 Å². The Bertz CT molecular complexity index is 482. The van der Waals surface area contributed by atoms with Crippen LogP contribution < -0.4 is 4.90 Å². The molecule has 0 unspecified atom stereocenters. The number of pyridine rings is 1. The Morgan fingerprint density at radius 2 is 2.11 bits per heavy atom. The van der Waals surface area contributed by atoms with Crippen LogP contribution in [0.2, 0.25) is 0 Å². The minimum absolute atomic E-state index is 0.213. The van der Waals surface area contributed by atoms with Crippen molar-refractivity contribution in [3.63, 3.8) is 0 Å². The largest absolute Gasteiger partial charge is 0.298 e. The summed E-state index contributed by atoms with van der Waals surface area (Å²) in [4.78, 5) is 21.1. The standard InChI is InChI=1S/C15H21N3O/c1-11(2)13-5-3-6-14(16-13)18-10-12(9-15(18)19)17-7-4-8-17/h3,5-6,11-12H,4,7-10H2,1-2H3/t12-/m1/s1. The molecule has 1 atom stereocenters. The number of hydrogen-bond donors (Lipinski definition) is 0. The van der Waals surface area contributed by atoms with Gasteiger partial charge in [0.15, 0.2) is 0 Å². The Morgan fingerprint density at radius 1 is 1.32 bits per heavy atom. The summed E-state index contributed by atoms with van der Waals surface area (Å²) in [6.45, 7) is 7.34. The van der Waals surface area contributed by atoms with Crippen molar-refractivity contribution in [3.05, 3.63) is 23.9 Å². The van der Waals surface area contributed by atoms with Crippen molar-refractivity contribution in [3.8, 4) is 0 Å². The molecule has 1 aromatic rings. The Kier molecular flexibility index (Phi) is 3.27. The molecule has 2 saturated heterocycles. The topological polar surface area (TPSA) is 36.4 Å². The van der Waals surface area contributed by atoms with E-state index in [0.29, 0.717) is 18.4 Å². The maximum absolute atomic E-state index is 12.2. The molecule has 4 heteroatoms. The van der Waals surface area contributed by atoms with E-state index in [1.807, 2.05) is 23.1 Å². The number of nitrogens with zero attached hydrogens (tertiary/aromatic N) is 3. The van der Waals surface area contributed by atoms with Crippen molar-refractivity contribution >= 4 is 11.7 Å². The molecule has 0 aliphatic carbocycles. The van der Waals surface area contributed by atoms with Gasteiger partial charge in [0.25, 0.3) is 0 Å². The molecule has 2 fully saturated rings. The Hall–Kier alpha value is -1.42. The van der Waals surface area contributed by atoms with Gasteiger partial charge in [-0.05, 0) is 37.6 Å². The highest BCUT2D eigenvalue weighted by molar-refractivity contribution is 5.95. The molecule has 1 aromatic heterocycles. The molecule has 0 aromatic carbocycles. The van der Waals surface area contributed by atoms with Gasteiger partial charge >= 0.3 is 0 Å². The average molecular weight is 259 g/mol. The molecular weight excluding hydrogens is 238 g/mol. The predicted molar refractivity (Wildman–Crippen MR) is 75.3 cm³/mol. The number of amides is 1. The second-order valence-electron chi connectivity index (χ2n) is 5.83. The van der Waals surface area contributed by atoms with Crippen LogP contribution in [0.4, 0.5) is 5.82 Å². The third kappa shape index (κ3) is 2.37. The minimum Gasteiger partial charge on any atom is -0.298 e. The first-order chi connectivity index (χ1) is 9.15. The zero-order chi connectivity index (χ0) is 13.4. The highest BCUT2D eigenvalue weighted by Gasteiger charge is 2.36. The van der Waals surface area contributed by atoms with Crippen molar-refractivity contribution in [1.82, 2.24) is 9.88 Å². The lowest BCUT2D eigenvalue weighted by Crippen LogP contribution is -2.46. The van der Waals surface area contributed by atoms with Gasteiger partial charge in [-0.3, -0.25) is 14.6 Å². The van der Waals surface area contributed by atoms with E-state index in [2.05, 4.69) is 23.7 Å². The van der Waals surface area contributed by atoms with Crippen molar-refractivity contribution in [1.29, 1.82) is 0 Å². The van der Waals surface area contributed by atoms with E-state index in [0.717, 1.165) is 31.1 Å². The molecule has 4 nitrogen and oxygen atoms in total. The minimum atomic E-state index is 0.213. The second kappa shape index (κ2) is 4.93. The van der Waals surface area contributed by atoms with Crippen LogP contribution in [0, 0.1) is 0 Å². The van der Waals surface area contributed by atoms with Gasteiger partial charge < -0.3 is 0 Å². The lowest BCUT2D eigenvalue weighted by molar-refractivity contribution is -0.117. The van der Waals surface area contributed by atoms with Crippen molar-refractivity contribution in [2.75, 3.05) is 24.5 Å². The highest BCUT2D eigenvalue weighted by atomic mass is 16.2. The van der Waals surface area contributed by atoms with Crippen molar-refractivity contribution < 1.29 is 4.79 Å². The van der Waals surface area contributed by atoms with Crippen LogP contribution in [-0.4, -0.2) is 41.5 Å². The SMILES string of the molecule is CC(C)c1cccc(N2C[C@H](N3CCC3)CC2=O)n1. The molecule has 0 N–H and O–H groups in total. The van der Waals surface area contributed by atoms with Gasteiger partial charge in [0.2, 0.25) is 5.91 Å². The lowest BCUT2D eigenvalue weighted by atomic mass is 10.1. The smallest absolute Gasteiger partial charge is 0.229 e. The van der Waals surface area contributed by atoms with E-state index >= 15 is 0 Å². The van der Waals surface area contributed by atoms with Gasteiger partial charge in [0.1, 0.15) is 5.82 Å². The maximum atomic E-state index is 12.2. The molecule has 2 aliphatic rings. The van der Waals surface area contributed by atoms with E-state index in [1.54, 1.807) is 0 Å². The summed E-state index contributed by atoms with van der Waals surface area (Å²) in [5.41, 5.74) is 1.05. The van der Waals surface area contributed by atoms with Gasteiger partial charge in [0.05, 0.1) is 0 Å². The third-order valence-corrected chi connectivity index (χ3v) is 4.14. The van der Waals surface area contributed by atoms with Crippen LogP contribution in [0.15, 0.2) is 18.2 Å². The first-order valence-electron chi connectivity index (χ1n) is 7.16. The second-order valence-corrected chi connectivity index (χ2v) is 5.83. The summed E-state index contributed by atoms with van der Waals surface area (Å²) >= 11 is 0. The average Bonchev–Trinajstić information content (AvgIpc) is 2.69. The fourth-order valence-electron chi connectivity index (χ4n) is 2.77. The number of likely N-dealkylation sites (tertiary alicyclic amines) is 1. The fourth-order valence-corrected chi connectivity index (χ4v) is 2.77. The van der Waals surface area contributed by atoms with Gasteiger partial charge in [-0.25, -0.2) is 4.98 Å². The van der Waals surface area contributed by atoms with Crippen molar-refractivity contribution in [2.45, 2.75) is 38.6 Å². The monoisotopic (exact) mass is 259 g/mol. The molecule has 0 bridgehead atoms. The molecule has 2 aliphatic heterocycles. The van der Waals surface area contributed by atoms with E-state index in [1.165, 1.54) is 6.42 Å². The van der Waals surface area contributed by atoms with Crippen LogP contribution in [0.3, 0.4) is 0 Å². The molecule has 0 radical (unpaired) electrons. The molecular formula is C15H21N3O. The lowest BCUT2D eigenvalue weighted by Gasteiger charge is -2.35. The van der Waals surface area contributed by atoms with Gasteiger partial charge in [-0.1, -0.05) is 19.9 Å². The van der Waals surface area contributed by atoms with E-state index in [4.69, 9.17) is 0 Å². The number of carbonyl (C=O) groups is 1. The fraction of sp³-hybridized carbons (Fsp3) is 0.600. The van der Waals surface area contributed by atoms with Crippen LogP contribution >= 0.6 is 0 Å². The summed E-state index contributed by atoms with van der Waals surface area (Å²) in [5, 5.41) is 0. The number of anilines is 1. The van der Waals surface area contributed by atoms with Gasteiger partial charge in [-0.2, -0.15) is 0 Å². The maximum Gasteiger partial charge on any atom is 0.229 e. The van der Waals surface area contributed by atoms with Crippen molar-refractivity contribution in [2.24, 2.45) is 0 Å². The predicted octanol–water partition coefficient (Wildman–Crippen LogP) is 2.02. The van der Waals surface area contributed by atoms with Crippen LogP contribution in [0.1, 0.15) is 38.3 Å². The number of carbonyl (C=O) groups excluding carboxylic acids is 1.